The van der Waals surface area contributed by atoms with Crippen LogP contribution < -0.4 is 20.4 Å². The van der Waals surface area contributed by atoms with Crippen molar-refractivity contribution in [1.29, 1.82) is 10.5 Å². The van der Waals surface area contributed by atoms with E-state index in [1.165, 1.54) is 64.3 Å². The van der Waals surface area contributed by atoms with Crippen molar-refractivity contribution in [2.24, 2.45) is 0 Å². The first-order valence-corrected chi connectivity index (χ1v) is 38.9. The Morgan fingerprint density at radius 2 is 1.06 bits per heavy atom. The summed E-state index contributed by atoms with van der Waals surface area (Å²) >= 11 is 12.6. The quantitative estimate of drug-likeness (QED) is 0.0584. The lowest BCUT2D eigenvalue weighted by Crippen LogP contribution is -2.37. The number of halogens is 5. The molecule has 0 bridgehead atoms. The maximum Gasteiger partial charge on any atom is 0.417 e. The number of fused-ring (bicyclic) bond motifs is 2. The van der Waals surface area contributed by atoms with Crippen LogP contribution in [0.3, 0.4) is 0 Å². The lowest BCUT2D eigenvalue weighted by molar-refractivity contribution is 0.0230. The summed E-state index contributed by atoms with van der Waals surface area (Å²) in [6.07, 6.45) is 7.75. The Morgan fingerprint density at radius 1 is 0.607 bits per heavy atom. The van der Waals surface area contributed by atoms with Crippen LogP contribution in [0.1, 0.15) is 151 Å². The molecule has 0 saturated carbocycles. The van der Waals surface area contributed by atoms with Gasteiger partial charge in [-0.25, -0.2) is 42.8 Å². The fraction of sp³-hybridized carbons (Fsp3) is 0.381. The Kier molecular flexibility index (Phi) is 35.1. The molecule has 5 aliphatic rings. The van der Waals surface area contributed by atoms with Gasteiger partial charge in [0.25, 0.3) is 11.8 Å². The molecule has 28 nitrogen and oxygen atoms in total. The summed E-state index contributed by atoms with van der Waals surface area (Å²) < 4.78 is 45.1. The Labute approximate surface area is 703 Å². The molecule has 4 aromatic carbocycles. The summed E-state index contributed by atoms with van der Waals surface area (Å²) in [6.45, 7) is 15.7. The maximum absolute atomic E-state index is 14.9. The van der Waals surface area contributed by atoms with Crippen molar-refractivity contribution >= 4 is 90.7 Å². The third kappa shape index (κ3) is 25.5. The molecule has 4 amide bonds. The average molecular weight is 1760 g/mol. The highest BCUT2D eigenvalue weighted by atomic mass is 79.9. The zero-order valence-corrected chi connectivity index (χ0v) is 66.9. The van der Waals surface area contributed by atoms with Crippen molar-refractivity contribution in [1.82, 2.24) is 59.3 Å². The van der Waals surface area contributed by atoms with E-state index in [-0.39, 0.29) is 128 Å². The molecule has 33 heteroatoms. The minimum atomic E-state index is -0.821. The van der Waals surface area contributed by atoms with Crippen LogP contribution in [0.25, 0.3) is 28.2 Å². The minimum Gasteiger partial charge on any atom is -0.443 e. The number of hydrogen-bond donors (Lipinski definition) is 6. The fourth-order valence-corrected chi connectivity index (χ4v) is 13.5. The smallest absolute Gasteiger partial charge is 0.417 e. The summed E-state index contributed by atoms with van der Waals surface area (Å²) in [4.78, 5) is 67.9. The molecule has 117 heavy (non-hydrogen) atoms. The van der Waals surface area contributed by atoms with Crippen molar-refractivity contribution < 1.29 is 57.9 Å². The number of nitrogens with one attached hydrogen (secondary N) is 1. The van der Waals surface area contributed by atoms with Crippen molar-refractivity contribution in [3.05, 3.63) is 220 Å². The van der Waals surface area contributed by atoms with E-state index >= 15 is 0 Å². The molecule has 15 rings (SSSR count). The van der Waals surface area contributed by atoms with Crippen LogP contribution in [0, 0.1) is 34.3 Å². The molecule has 6 aromatic heterocycles. The molecule has 624 valence electrons. The highest BCUT2D eigenvalue weighted by Gasteiger charge is 2.41. The number of aromatic amines is 1. The van der Waals surface area contributed by atoms with Gasteiger partial charge in [-0.15, -0.1) is 0 Å². The van der Waals surface area contributed by atoms with Crippen LogP contribution in [0.2, 0.25) is 5.02 Å². The van der Waals surface area contributed by atoms with Crippen molar-refractivity contribution in [3.8, 4) is 40.3 Å². The number of benzene rings is 4. The van der Waals surface area contributed by atoms with Crippen molar-refractivity contribution in [3.63, 3.8) is 0 Å². The van der Waals surface area contributed by atoms with Gasteiger partial charge in [0.15, 0.2) is 11.6 Å². The molecule has 11 heterocycles. The van der Waals surface area contributed by atoms with E-state index in [1.54, 1.807) is 66.1 Å². The zero-order valence-electron chi connectivity index (χ0n) is 63.0. The standard InChI is InChI=1S/C26H25FN6O4.C19H15ClFN3O3.C14H17N3O.C10H11N3.C7H11N3O.C4H8Br2O.4CH4/c1-26(2,3)37-25(36)32-14-19-23(24(32)35)20(33-10-8-21(30-33)31-9-7-16(34)13-31)11-18(29-19)22-15(12-28)5-4-6-17(22)27;1-19(2,3)27-18(26)24-9-14-16(17(24)25)11(20)7-13(23-14)15-10(8-22)5-4-6-12(15)21;18-13-6-8-16(11-13)14-7-9-17(15-14)10-12-4-2-1-3-5-12;11-10-6-7-13(12-10)8-9-4-2-1-3-5-9;11-6-2-4-10(5-6)7-1-3-8-9-7;5-2-1-4(7)3-6;;;;/h4-6,8,10-11,16,34H,7,9,13-14H2,1-3H3;4-7H,9H2,1-3H3;1-5,7,9,13,18H,6,8,10-11H2;1-7H,8H2,(H2,11,12);1,3,6,11H,2,4-5H2,(H,8,9);4,7H,1-3H2;4*1H4. The van der Waals surface area contributed by atoms with E-state index in [2.05, 4.69) is 101 Å². The number of aromatic nitrogens is 10. The van der Waals surface area contributed by atoms with Crippen molar-refractivity contribution in [2.45, 2.75) is 159 Å². The van der Waals surface area contributed by atoms with Gasteiger partial charge in [-0.1, -0.05) is 146 Å². The molecule has 0 aliphatic carbocycles. The number of nitriles is 2. The molecule has 4 atom stereocenters. The van der Waals surface area contributed by atoms with E-state index < -0.39 is 52.9 Å². The van der Waals surface area contributed by atoms with Crippen molar-refractivity contribution in [2.75, 3.05) is 70.4 Å². The number of imide groups is 2. The number of nitrogens with two attached hydrogens (primary N) is 1. The summed E-state index contributed by atoms with van der Waals surface area (Å²) in [5.41, 5.74) is 7.75. The number of amides is 4. The van der Waals surface area contributed by atoms with Crippen LogP contribution in [0.4, 0.5) is 41.6 Å². The highest BCUT2D eigenvalue weighted by Crippen LogP contribution is 2.37. The van der Waals surface area contributed by atoms with Crippen LogP contribution >= 0.6 is 43.5 Å². The molecule has 5 aliphatic heterocycles. The second-order valence-corrected chi connectivity index (χ2v) is 30.6. The number of H-pyrrole nitrogens is 1. The number of nitrogen functional groups attached to an aromatic ring is 1. The third-order valence-corrected chi connectivity index (χ3v) is 19.2. The van der Waals surface area contributed by atoms with Gasteiger partial charge in [0.05, 0.1) is 136 Å². The molecule has 3 saturated heterocycles. The van der Waals surface area contributed by atoms with Crippen LogP contribution in [0.15, 0.2) is 158 Å². The predicted molar refractivity (Wildman–Crippen MR) is 455 cm³/mol. The molecule has 10 aromatic rings. The molecule has 7 N–H and O–H groups in total. The largest absolute Gasteiger partial charge is 0.443 e. The van der Waals surface area contributed by atoms with E-state index in [1.807, 2.05) is 87.3 Å². The number of carbonyl (C=O) groups is 4. The first-order valence-electron chi connectivity index (χ1n) is 36.3. The first-order chi connectivity index (χ1) is 54.0. The number of pyridine rings is 2. The Morgan fingerprint density at radius 3 is 1.49 bits per heavy atom. The number of nitrogens with zero attached hydrogens (tertiary/aromatic N) is 16. The van der Waals surface area contributed by atoms with E-state index in [4.69, 9.17) is 31.9 Å². The molecular formula is C84H103Br2ClF2N18O10. The molecule has 4 unspecified atom stereocenters. The highest BCUT2D eigenvalue weighted by molar-refractivity contribution is 9.09. The monoisotopic (exact) mass is 1750 g/mol. The van der Waals surface area contributed by atoms with E-state index in [0.29, 0.717) is 43.0 Å². The molecule has 0 radical (unpaired) electrons. The van der Waals surface area contributed by atoms with Gasteiger partial charge in [-0.2, -0.15) is 30.9 Å². The maximum atomic E-state index is 14.9. The molecular weight excluding hydrogens is 1650 g/mol. The van der Waals surface area contributed by atoms with Gasteiger partial charge in [-0.3, -0.25) is 24.1 Å². The van der Waals surface area contributed by atoms with Gasteiger partial charge in [0.2, 0.25) is 0 Å². The third-order valence-electron chi connectivity index (χ3n) is 17.7. The number of carbonyl (C=O) groups excluding carboxylic acids is 4. The molecule has 3 fully saturated rings. The minimum absolute atomic E-state index is 0. The SMILES string of the molecule is C.C.C.C.CC(C)(C)OC(=O)N1Cc2nc(-c3c(F)cccc3C#N)cc(-n3ccc(N4CCC(O)C4)n3)c2C1=O.CC(C)(C)OC(=O)N1Cc2nc(-c3c(F)cccc3C#N)cc(Cl)c2C1=O.Nc1ccn(Cc2ccccc2)n1.OC(CBr)CCBr.OC1CCN(c2ccn(Cc3ccccc3)n2)C1.OC1CCN(c2ccn[nH]2)C1. The lowest BCUT2D eigenvalue weighted by atomic mass is 10.0. The second-order valence-electron chi connectivity index (χ2n) is 28.7. The molecule has 0 spiro atoms. The number of rotatable bonds is 13. The van der Waals surface area contributed by atoms with E-state index in [0.717, 1.165) is 78.8 Å². The number of ether oxygens (including phenoxy) is 2. The lowest BCUT2D eigenvalue weighted by Gasteiger charge is -2.23. The topological polar surface area (TPSA) is 365 Å². The van der Waals surface area contributed by atoms with Crippen LogP contribution in [-0.4, -0.2) is 189 Å². The number of anilines is 4. The van der Waals surface area contributed by atoms with E-state index in [9.17, 15) is 53.8 Å². The van der Waals surface area contributed by atoms with Gasteiger partial charge in [0.1, 0.15) is 34.5 Å². The van der Waals surface area contributed by atoms with Crippen LogP contribution in [-0.2, 0) is 35.7 Å². The predicted octanol–water partition coefficient (Wildman–Crippen LogP) is 14.8. The average Bonchev–Trinajstić information content (AvgIpc) is 1.60. The zero-order chi connectivity index (χ0) is 81.3. The number of aliphatic hydroxyl groups excluding tert-OH is 4. The van der Waals surface area contributed by atoms with Gasteiger partial charge >= 0.3 is 12.2 Å². The summed E-state index contributed by atoms with van der Waals surface area (Å²) in [5, 5.41) is 77.8. The summed E-state index contributed by atoms with van der Waals surface area (Å²) in [5.74, 6) is 0.615. The fourth-order valence-electron chi connectivity index (χ4n) is 12.4. The van der Waals surface area contributed by atoms with Crippen LogP contribution in [0.5, 0.6) is 0 Å². The van der Waals surface area contributed by atoms with Gasteiger partial charge in [0, 0.05) is 86.7 Å². The number of hydrogen-bond acceptors (Lipinski definition) is 22. The summed E-state index contributed by atoms with van der Waals surface area (Å²) in [6, 6.07) is 42.9. The van der Waals surface area contributed by atoms with Gasteiger partial charge in [-0.05, 0) is 121 Å². The van der Waals surface area contributed by atoms with Gasteiger partial charge < -0.3 is 50.3 Å². The number of alkyl halides is 2. The Balaban J connectivity index is 0.000000233. The number of aliphatic hydroxyl groups is 4. The normalized spacial score (nSPS) is 15.8. The summed E-state index contributed by atoms with van der Waals surface area (Å²) in [7, 11) is 0. The second kappa shape index (κ2) is 43.3. The first kappa shape index (κ1) is 94.9. The Hall–Kier alpha value is -11.0. The number of β-amino-alcohol motifs (C(OH)–C–C–N with tert-alkyl or cyclic N) is 3. The Bertz CT molecular complexity index is 5010.